The highest BCUT2D eigenvalue weighted by Crippen LogP contribution is 2.30. The number of aliphatic hydroxyl groups is 1. The molecule has 2 aromatic heterocycles. The largest absolute Gasteiger partial charge is 0.455 e. The van der Waals surface area contributed by atoms with Crippen LogP contribution in [0.1, 0.15) is 43.2 Å². The van der Waals surface area contributed by atoms with E-state index in [1.807, 2.05) is 32.9 Å². The van der Waals surface area contributed by atoms with E-state index in [1.54, 1.807) is 26.1 Å². The number of nitrogens with zero attached hydrogens (tertiary/aromatic N) is 4. The van der Waals surface area contributed by atoms with Crippen LogP contribution in [0.5, 0.6) is 11.5 Å². The van der Waals surface area contributed by atoms with Crippen molar-refractivity contribution in [2.75, 3.05) is 0 Å². The van der Waals surface area contributed by atoms with Gasteiger partial charge >= 0.3 is 0 Å². The molecular weight excluding hydrogens is 410 g/mol. The number of carbonyl (C=O) groups is 1. The first-order valence-corrected chi connectivity index (χ1v) is 10.2. The van der Waals surface area contributed by atoms with Crippen molar-refractivity contribution in [3.8, 4) is 11.5 Å². The van der Waals surface area contributed by atoms with Crippen LogP contribution in [-0.2, 0) is 16.9 Å². The number of rotatable bonds is 7. The highest BCUT2D eigenvalue weighted by molar-refractivity contribution is 5.85. The fourth-order valence-electron chi connectivity index (χ4n) is 3.43. The minimum absolute atomic E-state index is 0.201. The average molecular weight is 440 g/mol. The summed E-state index contributed by atoms with van der Waals surface area (Å²) in [4.78, 5) is 25.4. The van der Waals surface area contributed by atoms with Crippen LogP contribution in [0, 0.1) is 20.8 Å². The van der Waals surface area contributed by atoms with Gasteiger partial charge in [-0.3, -0.25) is 14.3 Å². The molecule has 0 radical (unpaired) electrons. The maximum atomic E-state index is 13.0. The lowest BCUT2D eigenvalue weighted by molar-refractivity contribution is -0.124. The van der Waals surface area contributed by atoms with Crippen molar-refractivity contribution in [1.29, 1.82) is 0 Å². The van der Waals surface area contributed by atoms with E-state index in [4.69, 9.17) is 10.5 Å². The Balaban J connectivity index is 2.00. The number of aromatic nitrogens is 4. The Bertz CT molecular complexity index is 1220. The minimum Gasteiger partial charge on any atom is -0.455 e. The van der Waals surface area contributed by atoms with Crippen molar-refractivity contribution in [1.82, 2.24) is 19.6 Å². The maximum absolute atomic E-state index is 13.0. The highest BCUT2D eigenvalue weighted by atomic mass is 16.5. The quantitative estimate of drug-likeness (QED) is 0.581. The predicted octanol–water partition coefficient (Wildman–Crippen LogP) is 2.18. The van der Waals surface area contributed by atoms with Crippen molar-refractivity contribution < 1.29 is 14.6 Å². The molecule has 0 aliphatic rings. The van der Waals surface area contributed by atoms with Gasteiger partial charge < -0.3 is 15.6 Å². The average Bonchev–Trinajstić information content (AvgIpc) is 3.14. The smallest absolute Gasteiger partial charge is 0.271 e. The number of carbonyl (C=O) groups excluding carboxylic acids is 1. The number of benzene rings is 1. The van der Waals surface area contributed by atoms with Crippen LogP contribution < -0.4 is 16.0 Å². The molecule has 32 heavy (non-hydrogen) atoms. The molecule has 0 aliphatic heterocycles. The van der Waals surface area contributed by atoms with Crippen molar-refractivity contribution in [2.24, 2.45) is 5.73 Å². The molecule has 170 valence electrons. The van der Waals surface area contributed by atoms with Gasteiger partial charge in [0.2, 0.25) is 0 Å². The minimum atomic E-state index is -1.63. The van der Waals surface area contributed by atoms with E-state index in [0.717, 1.165) is 21.4 Å². The Kier molecular flexibility index (Phi) is 5.97. The third-order valence-electron chi connectivity index (χ3n) is 5.46. The first kappa shape index (κ1) is 23.2. The van der Waals surface area contributed by atoms with Gasteiger partial charge in [-0.15, -0.1) is 0 Å². The second-order valence-corrected chi connectivity index (χ2v) is 8.84. The lowest BCUT2D eigenvalue weighted by atomic mass is 9.97. The number of hydrogen-bond acceptors (Lipinski definition) is 6. The molecule has 3 N–H and O–H groups in total. The molecule has 9 nitrogen and oxygen atoms in total. The zero-order chi connectivity index (χ0) is 23.8. The monoisotopic (exact) mass is 439 g/mol. The first-order valence-electron chi connectivity index (χ1n) is 10.2. The van der Waals surface area contributed by atoms with Crippen LogP contribution in [0.3, 0.4) is 0 Å². The van der Waals surface area contributed by atoms with Crippen LogP contribution in [0.2, 0.25) is 0 Å². The third kappa shape index (κ3) is 4.43. The molecule has 0 saturated carbocycles. The molecule has 1 atom stereocenters. The Morgan fingerprint density at radius 2 is 1.81 bits per heavy atom. The molecule has 0 aliphatic carbocycles. The molecule has 3 aromatic rings. The molecule has 1 amide bonds. The second-order valence-electron chi connectivity index (χ2n) is 8.84. The molecule has 0 spiro atoms. The summed E-state index contributed by atoms with van der Waals surface area (Å²) in [6.07, 6.45) is 2.98. The highest BCUT2D eigenvalue weighted by Gasteiger charge is 2.40. The Morgan fingerprint density at radius 1 is 1.16 bits per heavy atom. The lowest BCUT2D eigenvalue weighted by Crippen LogP contribution is -2.50. The van der Waals surface area contributed by atoms with E-state index < -0.39 is 22.6 Å². The standard InChI is InChI=1S/C23H29N5O4/c1-14-7-8-15(2)20(16(14)3)32-17-11-19(29)28(25-12-17)23(6,21(24)30)18-9-10-27(26-18)13-22(4,5)31/h7-12,31H,13H2,1-6H3,(H2,24,30). The van der Waals surface area contributed by atoms with Gasteiger partial charge in [0.15, 0.2) is 11.3 Å². The fraction of sp³-hybridized carbons (Fsp3) is 0.391. The summed E-state index contributed by atoms with van der Waals surface area (Å²) in [6.45, 7) is 10.8. The topological polar surface area (TPSA) is 125 Å². The van der Waals surface area contributed by atoms with Crippen molar-refractivity contribution >= 4 is 5.91 Å². The molecule has 1 aromatic carbocycles. The molecule has 0 bridgehead atoms. The van der Waals surface area contributed by atoms with Crippen LogP contribution in [0.4, 0.5) is 0 Å². The summed E-state index contributed by atoms with van der Waals surface area (Å²) < 4.78 is 8.44. The Hall–Kier alpha value is -3.46. The number of nitrogens with two attached hydrogens (primary N) is 1. The molecule has 0 fully saturated rings. The van der Waals surface area contributed by atoms with Gasteiger partial charge in [0.05, 0.1) is 24.0 Å². The van der Waals surface area contributed by atoms with E-state index in [1.165, 1.54) is 23.9 Å². The molecule has 3 rings (SSSR count). The van der Waals surface area contributed by atoms with Gasteiger partial charge in [-0.2, -0.15) is 10.2 Å². The molecule has 2 heterocycles. The summed E-state index contributed by atoms with van der Waals surface area (Å²) in [6, 6.07) is 6.79. The van der Waals surface area contributed by atoms with Crippen molar-refractivity contribution in [3.05, 3.63) is 69.4 Å². The second kappa shape index (κ2) is 8.23. The third-order valence-corrected chi connectivity index (χ3v) is 5.46. The van der Waals surface area contributed by atoms with Gasteiger partial charge in [0, 0.05) is 12.3 Å². The number of primary amides is 1. The van der Waals surface area contributed by atoms with Gasteiger partial charge in [0.25, 0.3) is 11.5 Å². The molecule has 9 heteroatoms. The normalized spacial score (nSPS) is 13.6. The van der Waals surface area contributed by atoms with Crippen molar-refractivity contribution in [3.63, 3.8) is 0 Å². The predicted molar refractivity (Wildman–Crippen MR) is 120 cm³/mol. The van der Waals surface area contributed by atoms with E-state index in [-0.39, 0.29) is 18.0 Å². The summed E-state index contributed by atoms with van der Waals surface area (Å²) in [7, 11) is 0. The van der Waals surface area contributed by atoms with E-state index in [9.17, 15) is 14.7 Å². The van der Waals surface area contributed by atoms with Gasteiger partial charge in [0.1, 0.15) is 5.75 Å². The van der Waals surface area contributed by atoms with Gasteiger partial charge in [-0.25, -0.2) is 4.68 Å². The number of aryl methyl sites for hydroxylation is 2. The molecule has 0 saturated heterocycles. The summed E-state index contributed by atoms with van der Waals surface area (Å²) in [5, 5.41) is 18.6. The van der Waals surface area contributed by atoms with Gasteiger partial charge in [-0.05, 0) is 64.3 Å². The molecule has 1 unspecified atom stereocenters. The first-order chi connectivity index (χ1) is 14.8. The van der Waals surface area contributed by atoms with Crippen LogP contribution in [0.25, 0.3) is 0 Å². The summed E-state index contributed by atoms with van der Waals surface area (Å²) in [5.41, 5.74) is 5.68. The number of hydrogen-bond donors (Lipinski definition) is 2. The lowest BCUT2D eigenvalue weighted by Gasteiger charge is -2.25. The number of amides is 1. The Morgan fingerprint density at radius 3 is 2.41 bits per heavy atom. The van der Waals surface area contributed by atoms with E-state index in [2.05, 4.69) is 10.2 Å². The summed E-state index contributed by atoms with van der Waals surface area (Å²) in [5.74, 6) is 0.119. The van der Waals surface area contributed by atoms with Crippen LogP contribution in [0.15, 0.2) is 41.5 Å². The van der Waals surface area contributed by atoms with Crippen molar-refractivity contribution in [2.45, 2.75) is 59.2 Å². The van der Waals surface area contributed by atoms with E-state index >= 15 is 0 Å². The zero-order valence-electron chi connectivity index (χ0n) is 19.2. The summed E-state index contributed by atoms with van der Waals surface area (Å²) >= 11 is 0. The maximum Gasteiger partial charge on any atom is 0.271 e. The fourth-order valence-corrected chi connectivity index (χ4v) is 3.43. The van der Waals surface area contributed by atoms with Crippen LogP contribution in [-0.4, -0.2) is 36.2 Å². The van der Waals surface area contributed by atoms with E-state index in [0.29, 0.717) is 5.75 Å². The van der Waals surface area contributed by atoms with Crippen LogP contribution >= 0.6 is 0 Å². The number of ether oxygens (including phenoxy) is 1. The Labute approximate surface area is 186 Å². The SMILES string of the molecule is Cc1ccc(C)c(Oc2cnn(C(C)(C(N)=O)c3ccn(CC(C)(C)O)n3)c(=O)c2)c1C. The molecular formula is C23H29N5O4. The van der Waals surface area contributed by atoms with Gasteiger partial charge in [-0.1, -0.05) is 12.1 Å². The zero-order valence-corrected chi connectivity index (χ0v) is 19.2.